The van der Waals surface area contributed by atoms with Crippen LogP contribution < -0.4 is 5.63 Å². The van der Waals surface area contributed by atoms with Gasteiger partial charge < -0.3 is 4.42 Å². The molecule has 0 radical (unpaired) electrons. The van der Waals surface area contributed by atoms with Crippen LogP contribution in [0.15, 0.2) is 70.4 Å². The monoisotopic (exact) mass is 456 g/mol. The molecule has 118 valence electrons. The molecule has 4 nitrogen and oxygen atoms in total. The molecule has 0 atom stereocenters. The second kappa shape index (κ2) is 5.89. The first-order valence-electron chi connectivity index (χ1n) is 6.54. The zero-order valence-corrected chi connectivity index (χ0v) is 15.8. The molecule has 0 aliphatic carbocycles. The molecule has 0 saturated carbocycles. The molecule has 0 aliphatic rings. The Morgan fingerprint density at radius 2 is 1.65 bits per heavy atom. The standard InChI is InChI=1S/C16H10Br2O4S/c1-9-2-4-12(5-3-9)23(20,21)14-7-10-6-11(17)8-13(18)15(10)22-16(14)19/h2-8H,1H3. The predicted molar refractivity (Wildman–Crippen MR) is 94.5 cm³/mol. The van der Waals surface area contributed by atoms with Crippen molar-refractivity contribution in [3.05, 3.63) is 67.4 Å². The molecule has 1 aromatic heterocycles. The highest BCUT2D eigenvalue weighted by Crippen LogP contribution is 2.30. The minimum Gasteiger partial charge on any atom is -0.421 e. The average molecular weight is 458 g/mol. The molecule has 23 heavy (non-hydrogen) atoms. The maximum atomic E-state index is 12.7. The fourth-order valence-electron chi connectivity index (χ4n) is 2.17. The lowest BCUT2D eigenvalue weighted by atomic mass is 10.2. The predicted octanol–water partition coefficient (Wildman–Crippen LogP) is 4.46. The Kier molecular flexibility index (Phi) is 4.20. The first kappa shape index (κ1) is 16.4. The summed E-state index contributed by atoms with van der Waals surface area (Å²) in [6, 6.07) is 11.1. The molecule has 1 heterocycles. The zero-order chi connectivity index (χ0) is 16.8. The summed E-state index contributed by atoms with van der Waals surface area (Å²) in [6.45, 7) is 1.86. The Morgan fingerprint density at radius 3 is 2.30 bits per heavy atom. The number of halogens is 2. The summed E-state index contributed by atoms with van der Waals surface area (Å²) < 4.78 is 31.9. The van der Waals surface area contributed by atoms with Crippen LogP contribution in [0.3, 0.4) is 0 Å². The van der Waals surface area contributed by atoms with Gasteiger partial charge in [-0.25, -0.2) is 13.2 Å². The quantitative estimate of drug-likeness (QED) is 0.533. The van der Waals surface area contributed by atoms with Gasteiger partial charge in [-0.3, -0.25) is 0 Å². The molecule has 0 spiro atoms. The van der Waals surface area contributed by atoms with E-state index in [4.69, 9.17) is 4.42 Å². The molecule has 3 rings (SSSR count). The SMILES string of the molecule is Cc1ccc(S(=O)(=O)c2cc3cc(Br)cc(Br)c3oc2=O)cc1. The van der Waals surface area contributed by atoms with E-state index >= 15 is 0 Å². The Labute approximate surface area is 149 Å². The van der Waals surface area contributed by atoms with Crippen LogP contribution in [-0.2, 0) is 9.84 Å². The van der Waals surface area contributed by atoms with Crippen molar-refractivity contribution in [2.75, 3.05) is 0 Å². The summed E-state index contributed by atoms with van der Waals surface area (Å²) in [5.41, 5.74) is 0.351. The van der Waals surface area contributed by atoms with Crippen molar-refractivity contribution in [2.45, 2.75) is 16.7 Å². The molecule has 2 aromatic carbocycles. The van der Waals surface area contributed by atoms with Gasteiger partial charge in [0.05, 0.1) is 9.37 Å². The lowest BCUT2D eigenvalue weighted by Gasteiger charge is -2.06. The third-order valence-corrected chi connectivity index (χ3v) is 6.14. The number of benzene rings is 2. The fourth-order valence-corrected chi connectivity index (χ4v) is 4.80. The van der Waals surface area contributed by atoms with E-state index in [0.29, 0.717) is 15.4 Å². The maximum absolute atomic E-state index is 12.7. The summed E-state index contributed by atoms with van der Waals surface area (Å²) in [6.07, 6.45) is 0. The van der Waals surface area contributed by atoms with Gasteiger partial charge in [0.2, 0.25) is 9.84 Å². The van der Waals surface area contributed by atoms with Gasteiger partial charge >= 0.3 is 5.63 Å². The van der Waals surface area contributed by atoms with Gasteiger partial charge in [0, 0.05) is 9.86 Å². The van der Waals surface area contributed by atoms with Crippen molar-refractivity contribution in [3.63, 3.8) is 0 Å². The van der Waals surface area contributed by atoms with Crippen molar-refractivity contribution in [1.82, 2.24) is 0 Å². The third kappa shape index (κ3) is 3.00. The summed E-state index contributed by atoms with van der Waals surface area (Å²) >= 11 is 6.63. The minimum absolute atomic E-state index is 0.0591. The molecular formula is C16H10Br2O4S. The highest BCUT2D eigenvalue weighted by molar-refractivity contribution is 9.11. The number of hydrogen-bond acceptors (Lipinski definition) is 4. The van der Waals surface area contributed by atoms with E-state index < -0.39 is 15.5 Å². The fraction of sp³-hybridized carbons (Fsp3) is 0.0625. The van der Waals surface area contributed by atoms with Crippen LogP contribution in [0.1, 0.15) is 5.56 Å². The van der Waals surface area contributed by atoms with Crippen molar-refractivity contribution in [1.29, 1.82) is 0 Å². The van der Waals surface area contributed by atoms with E-state index in [1.165, 1.54) is 18.2 Å². The van der Waals surface area contributed by atoms with Crippen molar-refractivity contribution in [2.24, 2.45) is 0 Å². The number of rotatable bonds is 2. The average Bonchev–Trinajstić information content (AvgIpc) is 2.48. The summed E-state index contributed by atoms with van der Waals surface area (Å²) in [7, 11) is -3.94. The van der Waals surface area contributed by atoms with Gasteiger partial charge in [0.1, 0.15) is 0 Å². The molecule has 0 aliphatic heterocycles. The Balaban J connectivity index is 2.29. The summed E-state index contributed by atoms with van der Waals surface area (Å²) in [5.74, 6) is 0. The van der Waals surface area contributed by atoms with Gasteiger partial charge in [0.25, 0.3) is 0 Å². The lowest BCUT2D eigenvalue weighted by molar-refractivity contribution is 0.531. The molecule has 0 N–H and O–H groups in total. The second-order valence-electron chi connectivity index (χ2n) is 5.02. The maximum Gasteiger partial charge on any atom is 0.355 e. The summed E-state index contributed by atoms with van der Waals surface area (Å²) in [5, 5.41) is 0.511. The Hall–Kier alpha value is -1.44. The number of hydrogen-bond donors (Lipinski definition) is 0. The van der Waals surface area contributed by atoms with E-state index in [2.05, 4.69) is 31.9 Å². The highest BCUT2D eigenvalue weighted by Gasteiger charge is 2.23. The Bertz CT molecular complexity index is 1070. The number of fused-ring (bicyclic) bond motifs is 1. The molecular weight excluding hydrogens is 448 g/mol. The van der Waals surface area contributed by atoms with Crippen molar-refractivity contribution >= 4 is 52.7 Å². The van der Waals surface area contributed by atoms with Crippen LogP contribution >= 0.6 is 31.9 Å². The van der Waals surface area contributed by atoms with E-state index in [9.17, 15) is 13.2 Å². The summed E-state index contributed by atoms with van der Waals surface area (Å²) in [4.78, 5) is 11.9. The largest absolute Gasteiger partial charge is 0.421 e. The number of aryl methyl sites for hydroxylation is 1. The first-order chi connectivity index (χ1) is 10.8. The molecule has 0 unspecified atom stereocenters. The zero-order valence-electron chi connectivity index (χ0n) is 11.8. The minimum atomic E-state index is -3.94. The van der Waals surface area contributed by atoms with Gasteiger partial charge in [-0.1, -0.05) is 33.6 Å². The highest BCUT2D eigenvalue weighted by atomic mass is 79.9. The molecule has 0 fully saturated rings. The van der Waals surface area contributed by atoms with Crippen LogP contribution in [0.25, 0.3) is 11.0 Å². The van der Waals surface area contributed by atoms with Crippen LogP contribution in [0.5, 0.6) is 0 Å². The van der Waals surface area contributed by atoms with Crippen molar-refractivity contribution < 1.29 is 12.8 Å². The van der Waals surface area contributed by atoms with Gasteiger partial charge in [0.15, 0.2) is 10.5 Å². The van der Waals surface area contributed by atoms with Crippen LogP contribution in [0, 0.1) is 6.92 Å². The molecule has 0 bridgehead atoms. The first-order valence-corrected chi connectivity index (χ1v) is 9.60. The number of sulfone groups is 1. The Morgan fingerprint density at radius 1 is 1.00 bits per heavy atom. The van der Waals surface area contributed by atoms with Gasteiger partial charge in [-0.2, -0.15) is 0 Å². The second-order valence-corrected chi connectivity index (χ2v) is 8.71. The van der Waals surface area contributed by atoms with E-state index in [1.54, 1.807) is 24.3 Å². The molecule has 0 saturated heterocycles. The molecule has 0 amide bonds. The van der Waals surface area contributed by atoms with E-state index in [0.717, 1.165) is 10.0 Å². The third-order valence-electron chi connectivity index (χ3n) is 3.34. The normalized spacial score (nSPS) is 11.8. The molecule has 7 heteroatoms. The van der Waals surface area contributed by atoms with E-state index in [1.807, 2.05) is 6.92 Å². The topological polar surface area (TPSA) is 64.3 Å². The van der Waals surface area contributed by atoms with Crippen molar-refractivity contribution in [3.8, 4) is 0 Å². The van der Waals surface area contributed by atoms with Crippen LogP contribution in [-0.4, -0.2) is 8.42 Å². The van der Waals surface area contributed by atoms with E-state index in [-0.39, 0.29) is 9.79 Å². The van der Waals surface area contributed by atoms with Crippen LogP contribution in [0.4, 0.5) is 0 Å². The van der Waals surface area contributed by atoms with Crippen LogP contribution in [0.2, 0.25) is 0 Å². The lowest BCUT2D eigenvalue weighted by Crippen LogP contribution is -2.14. The smallest absolute Gasteiger partial charge is 0.355 e. The molecule has 3 aromatic rings. The van der Waals surface area contributed by atoms with Gasteiger partial charge in [-0.15, -0.1) is 0 Å². The van der Waals surface area contributed by atoms with Gasteiger partial charge in [-0.05, 0) is 53.2 Å².